The first-order valence-electron chi connectivity index (χ1n) is 11.5. The molecule has 0 saturated carbocycles. The van der Waals surface area contributed by atoms with E-state index in [2.05, 4.69) is 54.0 Å². The molecule has 0 atom stereocenters. The smallest absolute Gasteiger partial charge is 0.871 e. The summed E-state index contributed by atoms with van der Waals surface area (Å²) in [6.07, 6.45) is 3.10. The maximum absolute atomic E-state index is 11.9. The number of nitrogens with zero attached hydrogens (tertiary/aromatic N) is 2. The molecule has 0 amide bonds. The van der Waals surface area contributed by atoms with E-state index in [0.29, 0.717) is 30.1 Å². The summed E-state index contributed by atoms with van der Waals surface area (Å²) in [4.78, 5) is 8.71. The Kier molecular flexibility index (Phi) is 12.8. The third kappa shape index (κ3) is 9.49. The molecule has 205 valence electrons. The van der Waals surface area contributed by atoms with Crippen LogP contribution >= 0.6 is 55.1 Å². The Labute approximate surface area is 266 Å². The summed E-state index contributed by atoms with van der Waals surface area (Å²) in [5.74, 6) is -0.226. The molecule has 0 fully saturated rings. The molecule has 0 aliphatic heterocycles. The third-order valence-electron chi connectivity index (χ3n) is 5.46. The molecular weight excluding hydrogens is 715 g/mol. The van der Waals surface area contributed by atoms with E-state index in [1.54, 1.807) is 36.7 Å². The number of aryl methyl sites for hydroxylation is 4. The molecule has 0 aromatic heterocycles. The van der Waals surface area contributed by atoms with Crippen LogP contribution in [0.2, 0.25) is 10.0 Å². The Morgan fingerprint density at radius 1 is 0.615 bits per heavy atom. The normalized spacial score (nSPS) is 10.9. The molecule has 1 radical (unpaired) electrons. The molecule has 0 N–H and O–H groups in total. The van der Waals surface area contributed by atoms with Crippen LogP contribution in [0.5, 0.6) is 11.5 Å². The average Bonchev–Trinajstić information content (AvgIpc) is 2.84. The zero-order chi connectivity index (χ0) is 28.0. The van der Waals surface area contributed by atoms with Crippen LogP contribution in [0.3, 0.4) is 0 Å². The van der Waals surface area contributed by atoms with Crippen LogP contribution in [0.15, 0.2) is 79.6 Å². The van der Waals surface area contributed by atoms with Crippen LogP contribution in [0.1, 0.15) is 33.4 Å². The van der Waals surface area contributed by atoms with Gasteiger partial charge in [0.15, 0.2) is 0 Å². The molecule has 0 aliphatic carbocycles. The molecule has 0 heterocycles. The van der Waals surface area contributed by atoms with Crippen molar-refractivity contribution in [2.75, 3.05) is 0 Å². The van der Waals surface area contributed by atoms with Gasteiger partial charge < -0.3 is 10.2 Å². The zero-order valence-electron chi connectivity index (χ0n) is 21.5. The summed E-state index contributed by atoms with van der Waals surface area (Å²) in [5, 5.41) is 24.8. The number of hydrogen-bond donors (Lipinski definition) is 0. The predicted octanol–water partition coefficient (Wildman–Crippen LogP) is 9.08. The minimum Gasteiger partial charge on any atom is -0.871 e. The summed E-state index contributed by atoms with van der Waals surface area (Å²) in [6, 6.07) is 18.4. The molecule has 4 rings (SSSR count). The quantitative estimate of drug-likeness (QED) is 0.155. The second kappa shape index (κ2) is 15.0. The molecule has 0 unspecified atom stereocenters. The molecule has 4 aromatic carbocycles. The van der Waals surface area contributed by atoms with Gasteiger partial charge in [-0.2, -0.15) is 0 Å². The average molecular weight is 739 g/mol. The van der Waals surface area contributed by atoms with Crippen LogP contribution in [0.4, 0.5) is 11.4 Å². The topological polar surface area (TPSA) is 70.8 Å². The summed E-state index contributed by atoms with van der Waals surface area (Å²) in [5.41, 5.74) is 7.16. The number of benzene rings is 4. The van der Waals surface area contributed by atoms with Crippen molar-refractivity contribution in [3.63, 3.8) is 0 Å². The van der Waals surface area contributed by atoms with E-state index in [9.17, 15) is 10.2 Å². The van der Waals surface area contributed by atoms with Gasteiger partial charge in [-0.1, -0.05) is 102 Å². The third-order valence-corrected chi connectivity index (χ3v) is 7.08. The van der Waals surface area contributed by atoms with Crippen molar-refractivity contribution >= 4 is 78.9 Å². The summed E-state index contributed by atoms with van der Waals surface area (Å²) < 4.78 is 0.893. The van der Waals surface area contributed by atoms with Crippen LogP contribution in [-0.2, 0) is 17.1 Å². The van der Waals surface area contributed by atoms with Crippen LogP contribution in [0.25, 0.3) is 0 Å². The van der Waals surface area contributed by atoms with Crippen molar-refractivity contribution < 1.29 is 27.3 Å². The van der Waals surface area contributed by atoms with Crippen LogP contribution < -0.4 is 10.2 Å². The molecule has 0 saturated heterocycles. The van der Waals surface area contributed by atoms with Crippen LogP contribution in [0, 0.1) is 27.7 Å². The van der Waals surface area contributed by atoms with Crippen molar-refractivity contribution in [3.05, 3.63) is 113 Å². The minimum atomic E-state index is -0.113. The minimum absolute atomic E-state index is 0. The van der Waals surface area contributed by atoms with Gasteiger partial charge in [0.2, 0.25) is 0 Å². The van der Waals surface area contributed by atoms with Crippen molar-refractivity contribution in [1.82, 2.24) is 0 Å². The molecule has 9 heteroatoms. The van der Waals surface area contributed by atoms with Gasteiger partial charge in [-0.05, 0) is 86.3 Å². The second-order valence-corrected chi connectivity index (χ2v) is 11.3. The van der Waals surface area contributed by atoms with Gasteiger partial charge in [-0.25, -0.2) is 0 Å². The second-order valence-electron chi connectivity index (χ2n) is 8.71. The first-order valence-corrected chi connectivity index (χ1v) is 13.8. The standard InChI is InChI=1S/2C15H13BrClNO.Cu/c2*1-9-3-4-14(10(2)5-9)18-8-11-6-12(17)7-13(16)15(11)19;/h2*3-8,19H,1-2H3;/q;;+2/p-2. The van der Waals surface area contributed by atoms with E-state index in [4.69, 9.17) is 23.2 Å². The number of hydrogen-bond acceptors (Lipinski definition) is 4. The van der Waals surface area contributed by atoms with E-state index < -0.39 is 0 Å². The van der Waals surface area contributed by atoms with Gasteiger partial charge in [0.1, 0.15) is 0 Å². The molecular formula is C30H24Br2Cl2CuN2O2. The molecule has 0 aliphatic rings. The predicted molar refractivity (Wildman–Crippen MR) is 164 cm³/mol. The fraction of sp³-hybridized carbons (Fsp3) is 0.133. The fourth-order valence-corrected chi connectivity index (χ4v) is 5.20. The molecule has 39 heavy (non-hydrogen) atoms. The van der Waals surface area contributed by atoms with Crippen molar-refractivity contribution in [2.45, 2.75) is 27.7 Å². The van der Waals surface area contributed by atoms with Gasteiger partial charge in [0.05, 0.1) is 11.4 Å². The monoisotopic (exact) mass is 735 g/mol. The Hall–Kier alpha value is -2.12. The van der Waals surface area contributed by atoms with E-state index in [1.807, 2.05) is 52.0 Å². The number of aliphatic imine (C=N–C) groups is 2. The van der Waals surface area contributed by atoms with Gasteiger partial charge in [0.25, 0.3) is 0 Å². The van der Waals surface area contributed by atoms with Gasteiger partial charge in [-0.3, -0.25) is 9.98 Å². The summed E-state index contributed by atoms with van der Waals surface area (Å²) >= 11 is 18.2. The van der Waals surface area contributed by atoms with Gasteiger partial charge in [0, 0.05) is 31.4 Å². The van der Waals surface area contributed by atoms with Gasteiger partial charge in [-0.15, -0.1) is 0 Å². The van der Waals surface area contributed by atoms with E-state index >= 15 is 0 Å². The first kappa shape index (κ1) is 33.1. The Morgan fingerprint density at radius 2 is 0.974 bits per heavy atom. The molecule has 4 aromatic rings. The zero-order valence-corrected chi connectivity index (χ0v) is 27.1. The molecule has 0 bridgehead atoms. The SMILES string of the molecule is Cc1ccc(N=Cc2cc(Cl)cc(Br)c2[O-])c(C)c1.Cc1ccc(N=Cc2cc(Cl)cc(Br)c2[O-])c(C)c1.[Cu+2]. The molecule has 0 spiro atoms. The molecule has 4 nitrogen and oxygen atoms in total. The van der Waals surface area contributed by atoms with Crippen molar-refractivity contribution in [2.24, 2.45) is 9.98 Å². The Balaban J connectivity index is 0.000000267. The summed E-state index contributed by atoms with van der Waals surface area (Å²) in [6.45, 7) is 8.05. The number of halogens is 4. The van der Waals surface area contributed by atoms with Crippen molar-refractivity contribution in [3.8, 4) is 11.5 Å². The van der Waals surface area contributed by atoms with E-state index in [0.717, 1.165) is 22.5 Å². The van der Waals surface area contributed by atoms with Crippen LogP contribution in [-0.4, -0.2) is 12.4 Å². The van der Waals surface area contributed by atoms with Gasteiger partial charge >= 0.3 is 17.1 Å². The van der Waals surface area contributed by atoms with E-state index in [-0.39, 0.29) is 28.6 Å². The maximum atomic E-state index is 11.9. The van der Waals surface area contributed by atoms with E-state index in [1.165, 1.54) is 11.1 Å². The van der Waals surface area contributed by atoms with Crippen molar-refractivity contribution in [1.29, 1.82) is 0 Å². The maximum Gasteiger partial charge on any atom is 2.00 e. The first-order chi connectivity index (χ1) is 17.9. The fourth-order valence-electron chi connectivity index (χ4n) is 3.53. The summed E-state index contributed by atoms with van der Waals surface area (Å²) in [7, 11) is 0. The Morgan fingerprint density at radius 3 is 1.31 bits per heavy atom. The number of rotatable bonds is 4. The largest absolute Gasteiger partial charge is 2.00 e. The Bertz CT molecular complexity index is 1430.